The lowest BCUT2D eigenvalue weighted by molar-refractivity contribution is -0.274. The first-order valence-corrected chi connectivity index (χ1v) is 5.98. The highest BCUT2D eigenvalue weighted by Crippen LogP contribution is 2.33. The summed E-state index contributed by atoms with van der Waals surface area (Å²) < 4.78 is 59.7. The van der Waals surface area contributed by atoms with Crippen molar-refractivity contribution in [3.05, 3.63) is 47.8 Å². The topological polar surface area (TPSA) is 42.2 Å². The monoisotopic (exact) mass is 311 g/mol. The molecule has 7 heteroatoms. The fourth-order valence-corrected chi connectivity index (χ4v) is 1.85. The normalized spacial score (nSPS) is 10.9. The van der Waals surface area contributed by atoms with Gasteiger partial charge in [0.1, 0.15) is 23.4 Å². The minimum absolute atomic E-state index is 0.0670. The van der Waals surface area contributed by atoms with E-state index in [9.17, 15) is 17.6 Å². The molecule has 0 fully saturated rings. The van der Waals surface area contributed by atoms with Gasteiger partial charge >= 0.3 is 6.36 Å². The molecule has 0 aliphatic carbocycles. The van der Waals surface area contributed by atoms with Crippen molar-refractivity contribution in [1.82, 2.24) is 0 Å². The zero-order valence-electron chi connectivity index (χ0n) is 11.2. The van der Waals surface area contributed by atoms with Gasteiger partial charge in [-0.15, -0.1) is 13.2 Å². The van der Waals surface area contributed by atoms with E-state index < -0.39 is 17.9 Å². The van der Waals surface area contributed by atoms with Crippen molar-refractivity contribution in [2.75, 3.05) is 7.11 Å². The summed E-state index contributed by atoms with van der Waals surface area (Å²) in [6.45, 7) is 0. The van der Waals surface area contributed by atoms with Gasteiger partial charge in [0.15, 0.2) is 0 Å². The number of halogens is 4. The Bertz CT molecular complexity index is 735. The van der Waals surface area contributed by atoms with Gasteiger partial charge in [-0.1, -0.05) is 6.07 Å². The Hall–Kier alpha value is -2.75. The van der Waals surface area contributed by atoms with Crippen LogP contribution >= 0.6 is 0 Å². The number of ether oxygens (including phenoxy) is 2. The third-order valence-electron chi connectivity index (χ3n) is 2.82. The number of benzene rings is 2. The summed E-state index contributed by atoms with van der Waals surface area (Å²) in [5, 5.41) is 8.81. The van der Waals surface area contributed by atoms with Crippen LogP contribution < -0.4 is 9.47 Å². The SMILES string of the molecule is COc1ccc(-c2ccc(C#N)c(OC(F)(F)F)c2)c(F)c1. The first-order valence-electron chi connectivity index (χ1n) is 5.98. The van der Waals surface area contributed by atoms with Crippen LogP contribution in [0.1, 0.15) is 5.56 Å². The highest BCUT2D eigenvalue weighted by Gasteiger charge is 2.32. The van der Waals surface area contributed by atoms with E-state index in [-0.39, 0.29) is 22.4 Å². The molecule has 0 unspecified atom stereocenters. The summed E-state index contributed by atoms with van der Waals surface area (Å²) in [5.41, 5.74) is -0.0780. The van der Waals surface area contributed by atoms with E-state index in [1.165, 1.54) is 25.3 Å². The second-order valence-electron chi connectivity index (χ2n) is 4.22. The molecule has 114 valence electrons. The highest BCUT2D eigenvalue weighted by molar-refractivity contribution is 5.68. The number of rotatable bonds is 3. The Labute approximate surface area is 123 Å². The van der Waals surface area contributed by atoms with Crippen molar-refractivity contribution in [3.8, 4) is 28.7 Å². The maximum atomic E-state index is 14.0. The number of nitriles is 1. The van der Waals surface area contributed by atoms with Gasteiger partial charge in [-0.05, 0) is 29.8 Å². The Morgan fingerprint density at radius 2 is 1.82 bits per heavy atom. The lowest BCUT2D eigenvalue weighted by atomic mass is 10.0. The molecule has 0 saturated heterocycles. The minimum atomic E-state index is -4.94. The van der Waals surface area contributed by atoms with Gasteiger partial charge in [0, 0.05) is 11.6 Å². The Kier molecular flexibility index (Phi) is 4.22. The van der Waals surface area contributed by atoms with Crippen LogP contribution in [0.4, 0.5) is 17.6 Å². The lowest BCUT2D eigenvalue weighted by Crippen LogP contribution is -2.17. The highest BCUT2D eigenvalue weighted by atomic mass is 19.4. The minimum Gasteiger partial charge on any atom is -0.497 e. The zero-order valence-corrected chi connectivity index (χ0v) is 11.2. The van der Waals surface area contributed by atoms with Gasteiger partial charge < -0.3 is 9.47 Å². The van der Waals surface area contributed by atoms with Crippen molar-refractivity contribution >= 4 is 0 Å². The van der Waals surface area contributed by atoms with Crippen molar-refractivity contribution in [2.24, 2.45) is 0 Å². The van der Waals surface area contributed by atoms with Gasteiger partial charge in [0.05, 0.1) is 12.7 Å². The van der Waals surface area contributed by atoms with Crippen LogP contribution in [0.5, 0.6) is 11.5 Å². The van der Waals surface area contributed by atoms with Crippen LogP contribution in [0.25, 0.3) is 11.1 Å². The molecule has 0 N–H and O–H groups in total. The number of nitrogens with zero attached hydrogens (tertiary/aromatic N) is 1. The second kappa shape index (κ2) is 5.93. The summed E-state index contributed by atoms with van der Waals surface area (Å²) in [5.74, 6) is -1.06. The van der Waals surface area contributed by atoms with Gasteiger partial charge in [-0.25, -0.2) is 4.39 Å². The standard InChI is InChI=1S/C15H9F4NO2/c1-21-11-4-5-12(13(16)7-11)9-2-3-10(8-20)14(6-9)22-15(17,18)19/h2-7H,1H3. The second-order valence-corrected chi connectivity index (χ2v) is 4.22. The molecule has 0 aliphatic rings. The molecule has 2 rings (SSSR count). The molecule has 0 saturated carbocycles. The Morgan fingerprint density at radius 1 is 1.09 bits per heavy atom. The van der Waals surface area contributed by atoms with E-state index in [1.54, 1.807) is 6.07 Å². The van der Waals surface area contributed by atoms with Crippen molar-refractivity contribution in [1.29, 1.82) is 5.26 Å². The van der Waals surface area contributed by atoms with E-state index in [4.69, 9.17) is 10.00 Å². The molecule has 0 atom stereocenters. The van der Waals surface area contributed by atoms with Crippen LogP contribution in [0.3, 0.4) is 0 Å². The first kappa shape index (κ1) is 15.6. The Morgan fingerprint density at radius 3 is 2.36 bits per heavy atom. The smallest absolute Gasteiger partial charge is 0.497 e. The number of hydrogen-bond acceptors (Lipinski definition) is 3. The van der Waals surface area contributed by atoms with Crippen LogP contribution in [0, 0.1) is 17.1 Å². The summed E-state index contributed by atoms with van der Waals surface area (Å²) in [4.78, 5) is 0. The molecule has 0 heterocycles. The molecule has 0 bridgehead atoms. The summed E-state index contributed by atoms with van der Waals surface area (Å²) in [6.07, 6.45) is -4.94. The Balaban J connectivity index is 2.49. The number of methoxy groups -OCH3 is 1. The maximum absolute atomic E-state index is 14.0. The molecule has 0 aliphatic heterocycles. The fraction of sp³-hybridized carbons (Fsp3) is 0.133. The summed E-state index contributed by atoms with van der Waals surface area (Å²) in [6, 6.07) is 8.99. The predicted octanol–water partition coefficient (Wildman–Crippen LogP) is 4.27. The number of hydrogen-bond donors (Lipinski definition) is 0. The molecule has 0 amide bonds. The largest absolute Gasteiger partial charge is 0.573 e. The molecule has 0 aromatic heterocycles. The fourth-order valence-electron chi connectivity index (χ4n) is 1.85. The molecule has 0 radical (unpaired) electrons. The van der Waals surface area contributed by atoms with Crippen molar-refractivity contribution < 1.29 is 27.0 Å². The summed E-state index contributed by atoms with van der Waals surface area (Å²) in [7, 11) is 1.37. The zero-order chi connectivity index (χ0) is 16.3. The lowest BCUT2D eigenvalue weighted by Gasteiger charge is -2.12. The predicted molar refractivity (Wildman–Crippen MR) is 69.8 cm³/mol. The quantitative estimate of drug-likeness (QED) is 0.795. The van der Waals surface area contributed by atoms with Crippen LogP contribution in [0.15, 0.2) is 36.4 Å². The van der Waals surface area contributed by atoms with Crippen LogP contribution in [-0.4, -0.2) is 13.5 Å². The average molecular weight is 311 g/mol. The average Bonchev–Trinajstić information content (AvgIpc) is 2.45. The van der Waals surface area contributed by atoms with Crippen LogP contribution in [0.2, 0.25) is 0 Å². The van der Waals surface area contributed by atoms with Crippen molar-refractivity contribution in [3.63, 3.8) is 0 Å². The molecular weight excluding hydrogens is 302 g/mol. The van der Waals surface area contributed by atoms with E-state index in [2.05, 4.69) is 4.74 Å². The van der Waals surface area contributed by atoms with E-state index >= 15 is 0 Å². The summed E-state index contributed by atoms with van der Waals surface area (Å²) >= 11 is 0. The van der Waals surface area contributed by atoms with E-state index in [1.807, 2.05) is 0 Å². The van der Waals surface area contributed by atoms with Gasteiger partial charge in [0.25, 0.3) is 0 Å². The molecule has 2 aromatic rings. The molecule has 0 spiro atoms. The third-order valence-corrected chi connectivity index (χ3v) is 2.82. The third kappa shape index (κ3) is 3.47. The molecular formula is C15H9F4NO2. The molecule has 3 nitrogen and oxygen atoms in total. The van der Waals surface area contributed by atoms with Gasteiger partial charge in [-0.3, -0.25) is 0 Å². The van der Waals surface area contributed by atoms with Crippen molar-refractivity contribution in [2.45, 2.75) is 6.36 Å². The van der Waals surface area contributed by atoms with Crippen LogP contribution in [-0.2, 0) is 0 Å². The maximum Gasteiger partial charge on any atom is 0.573 e. The molecule has 2 aromatic carbocycles. The molecule has 22 heavy (non-hydrogen) atoms. The van der Waals surface area contributed by atoms with Gasteiger partial charge in [-0.2, -0.15) is 5.26 Å². The van der Waals surface area contributed by atoms with E-state index in [0.717, 1.165) is 18.2 Å². The van der Waals surface area contributed by atoms with E-state index in [0.29, 0.717) is 0 Å². The van der Waals surface area contributed by atoms with Gasteiger partial charge in [0.2, 0.25) is 0 Å². The first-order chi connectivity index (χ1) is 10.3. The number of alkyl halides is 3.